The molecule has 0 aliphatic heterocycles. The van der Waals surface area contributed by atoms with Gasteiger partial charge in [0.15, 0.2) is 0 Å². The highest BCUT2D eigenvalue weighted by Gasteiger charge is 2.36. The molecule has 0 saturated carbocycles. The van der Waals surface area contributed by atoms with Crippen molar-refractivity contribution in [1.82, 2.24) is 13.7 Å². The third-order valence-corrected chi connectivity index (χ3v) is 25.6. The van der Waals surface area contributed by atoms with Gasteiger partial charge in [0.1, 0.15) is 0 Å². The summed E-state index contributed by atoms with van der Waals surface area (Å²) < 4.78 is 7.10. The van der Waals surface area contributed by atoms with Crippen LogP contribution < -0.4 is 14.7 Å². The molecule has 3 aromatic heterocycles. The minimum Gasteiger partial charge on any atom is -0.310 e. The van der Waals surface area contributed by atoms with Crippen LogP contribution in [0.15, 0.2) is 510 Å². The summed E-state index contributed by atoms with van der Waals surface area (Å²) in [6, 6.07) is 183. The van der Waals surface area contributed by atoms with Crippen molar-refractivity contribution in [3.8, 4) is 72.7 Å². The predicted octanol–water partition coefficient (Wildman–Crippen LogP) is 33.7. The highest BCUT2D eigenvalue weighted by molar-refractivity contribution is 6.13. The van der Waals surface area contributed by atoms with E-state index in [1.807, 2.05) is 0 Å². The van der Waals surface area contributed by atoms with Gasteiger partial charge in [0, 0.05) is 106 Å². The molecular formula is C123H90N6. The van der Waals surface area contributed by atoms with Crippen molar-refractivity contribution in [1.29, 1.82) is 0 Å². The zero-order valence-electron chi connectivity index (χ0n) is 71.7. The van der Waals surface area contributed by atoms with Crippen LogP contribution in [0, 0.1) is 0 Å². The molecule has 0 fully saturated rings. The molecule has 0 amide bonds. The van der Waals surface area contributed by atoms with Gasteiger partial charge in [-0.3, -0.25) is 0 Å². The van der Waals surface area contributed by atoms with E-state index >= 15 is 0 Å². The molecule has 20 aromatic carbocycles. The molecule has 24 rings (SSSR count). The molecule has 1 aliphatic carbocycles. The number of nitrogens with zero attached hydrogens (tertiary/aromatic N) is 6. The van der Waals surface area contributed by atoms with Crippen LogP contribution in [0.25, 0.3) is 138 Å². The van der Waals surface area contributed by atoms with E-state index in [4.69, 9.17) is 0 Å². The van der Waals surface area contributed by atoms with Crippen LogP contribution in [0.3, 0.4) is 0 Å². The van der Waals surface area contributed by atoms with E-state index in [1.54, 1.807) is 0 Å². The first-order valence-electron chi connectivity index (χ1n) is 44.4. The summed E-state index contributed by atoms with van der Waals surface area (Å²) in [5, 5.41) is 7.45. The Bertz CT molecular complexity index is 7850. The molecule has 23 aromatic rings. The van der Waals surface area contributed by atoms with Gasteiger partial charge < -0.3 is 28.4 Å². The number of hydrogen-bond donors (Lipinski definition) is 0. The summed E-state index contributed by atoms with van der Waals surface area (Å²) in [4.78, 5) is 7.11. The maximum atomic E-state index is 2.42. The maximum Gasteiger partial charge on any atom is 0.0542 e. The van der Waals surface area contributed by atoms with Crippen molar-refractivity contribution in [3.05, 3.63) is 521 Å². The van der Waals surface area contributed by atoms with Gasteiger partial charge in [0.05, 0.1) is 33.1 Å². The van der Waals surface area contributed by atoms with E-state index in [9.17, 15) is 0 Å². The molecule has 0 spiro atoms. The molecule has 0 atom stereocenters. The van der Waals surface area contributed by atoms with E-state index in [-0.39, 0.29) is 5.41 Å². The third kappa shape index (κ3) is 14.8. The summed E-state index contributed by atoms with van der Waals surface area (Å²) in [6.45, 7) is 4.70. The number of rotatable bonds is 16. The van der Waals surface area contributed by atoms with E-state index in [0.717, 1.165) is 56.9 Å². The molecule has 1 aliphatic rings. The monoisotopic (exact) mass is 1650 g/mol. The molecular weight excluding hydrogens is 1560 g/mol. The quantitative estimate of drug-likeness (QED) is 0.0964. The Morgan fingerprint density at radius 2 is 0.372 bits per heavy atom. The molecule has 129 heavy (non-hydrogen) atoms. The molecule has 0 radical (unpaired) electrons. The molecule has 0 bridgehead atoms. The largest absolute Gasteiger partial charge is 0.310 e. The van der Waals surface area contributed by atoms with Gasteiger partial charge in [-0.1, -0.05) is 341 Å². The fourth-order valence-electron chi connectivity index (χ4n) is 19.3. The van der Waals surface area contributed by atoms with E-state index in [1.165, 1.54) is 144 Å². The summed E-state index contributed by atoms with van der Waals surface area (Å²) in [5.74, 6) is 0. The highest BCUT2D eigenvalue weighted by Crippen LogP contribution is 2.52. The molecule has 0 saturated heterocycles. The average Bonchev–Trinajstić information content (AvgIpc) is 1.59. The smallest absolute Gasteiger partial charge is 0.0542 e. The summed E-state index contributed by atoms with van der Waals surface area (Å²) in [6.07, 6.45) is 0. The van der Waals surface area contributed by atoms with Gasteiger partial charge in [0.2, 0.25) is 0 Å². The third-order valence-electron chi connectivity index (χ3n) is 25.6. The molecule has 6 heteroatoms. The lowest BCUT2D eigenvalue weighted by Crippen LogP contribution is -2.16. The maximum absolute atomic E-state index is 2.42. The number of anilines is 9. The Balaban J connectivity index is 0.000000114. The zero-order valence-corrected chi connectivity index (χ0v) is 71.7. The second-order valence-electron chi connectivity index (χ2n) is 33.6. The van der Waals surface area contributed by atoms with Gasteiger partial charge in [-0.15, -0.1) is 0 Å². The Morgan fingerprint density at radius 1 is 0.155 bits per heavy atom. The first-order chi connectivity index (χ1) is 63.8. The number of benzene rings is 20. The van der Waals surface area contributed by atoms with Gasteiger partial charge >= 0.3 is 0 Å². The van der Waals surface area contributed by atoms with Crippen LogP contribution in [-0.4, -0.2) is 13.7 Å². The van der Waals surface area contributed by atoms with Crippen LogP contribution >= 0.6 is 0 Å². The molecule has 0 N–H and O–H groups in total. The van der Waals surface area contributed by atoms with Crippen molar-refractivity contribution < 1.29 is 0 Å². The van der Waals surface area contributed by atoms with Gasteiger partial charge in [-0.05, 0) is 249 Å². The number of fused-ring (bicyclic) bond motifs is 12. The number of aromatic nitrogens is 3. The van der Waals surface area contributed by atoms with Crippen molar-refractivity contribution in [2.45, 2.75) is 19.3 Å². The van der Waals surface area contributed by atoms with Crippen LogP contribution in [0.4, 0.5) is 51.2 Å². The molecule has 3 heterocycles. The average molecular weight is 1650 g/mol. The van der Waals surface area contributed by atoms with E-state index in [0.29, 0.717) is 0 Å². The fourth-order valence-corrected chi connectivity index (χ4v) is 19.3. The van der Waals surface area contributed by atoms with Crippen molar-refractivity contribution >= 4 is 117 Å². The Labute approximate surface area is 752 Å². The van der Waals surface area contributed by atoms with Crippen LogP contribution in [-0.2, 0) is 5.41 Å². The Kier molecular flexibility index (Phi) is 20.6. The first-order valence-corrected chi connectivity index (χ1v) is 44.4. The van der Waals surface area contributed by atoms with Crippen molar-refractivity contribution in [2.75, 3.05) is 14.7 Å². The lowest BCUT2D eigenvalue weighted by molar-refractivity contribution is 0.660. The Morgan fingerprint density at radius 3 is 0.698 bits per heavy atom. The van der Waals surface area contributed by atoms with Crippen LogP contribution in [0.2, 0.25) is 0 Å². The SMILES string of the molecule is CC1(C)c2ccccc2-c2ccc(N(c3ccc(-c4ccccc4)cc3)c3ccc4c(c3)c3ccccc3n4-c3ccccc3)cc21.c1ccc(-c2ccc(N(c3ccc(-c4ccccc4)cc3)c3ccc4c(c3)c3ccccc3n4-c3ccccc3)cc2)cc1.c1ccc(-c2ccc(N(c3ccccc3)c3ccc4c(c3)c3ccccc3n4-c3ccccc3)cc2)cc1. The minimum absolute atomic E-state index is 0.0855. The number of hydrogen-bond acceptors (Lipinski definition) is 3. The predicted molar refractivity (Wildman–Crippen MR) is 546 cm³/mol. The normalized spacial score (nSPS) is 11.9. The van der Waals surface area contributed by atoms with Gasteiger partial charge in [0.25, 0.3) is 0 Å². The van der Waals surface area contributed by atoms with E-state index in [2.05, 4.69) is 552 Å². The summed E-state index contributed by atoms with van der Waals surface area (Å²) >= 11 is 0. The molecule has 612 valence electrons. The van der Waals surface area contributed by atoms with Crippen molar-refractivity contribution in [3.63, 3.8) is 0 Å². The number of para-hydroxylation sites is 7. The standard InChI is InChI=1S/C45H34N2.C42H30N2.C36H26N2/c1-45(2)41-19-11-9-17-37(41)38-27-25-36(30-42(38)45)46(34-23-21-32(22-24-34)31-13-5-3-6-14-31)35-26-28-44-40(29-35)39-18-10-12-20-43(39)47(44)33-15-7-4-8-16-33;1-4-12-31(13-5-1)33-20-24-36(25-21-33)43(37-26-22-34(23-27-37)32-14-6-2-7-15-32)38-28-29-42-40(30-38)39-18-10-11-19-41(39)44(42)35-16-8-3-9-17-35;1-4-12-27(13-5-1)28-20-22-31(23-21-28)37(29-14-6-2-7-15-29)32-24-25-36-34(26-32)33-18-10-11-19-35(33)38(36)30-16-8-3-9-17-30/h3-30H,1-2H3;1-30H;1-26H. The van der Waals surface area contributed by atoms with Gasteiger partial charge in [-0.25, -0.2) is 0 Å². The van der Waals surface area contributed by atoms with E-state index < -0.39 is 0 Å². The lowest BCUT2D eigenvalue weighted by atomic mass is 9.82. The summed E-state index contributed by atoms with van der Waals surface area (Å²) in [7, 11) is 0. The second-order valence-corrected chi connectivity index (χ2v) is 33.6. The van der Waals surface area contributed by atoms with Crippen LogP contribution in [0.1, 0.15) is 25.0 Å². The fraction of sp³-hybridized carbons (Fsp3) is 0.0244. The molecule has 6 nitrogen and oxygen atoms in total. The molecule has 0 unspecified atom stereocenters. The lowest BCUT2D eigenvalue weighted by Gasteiger charge is -2.28. The first kappa shape index (κ1) is 78.2. The Hall–Kier alpha value is -16.8. The second kappa shape index (κ2) is 34.0. The highest BCUT2D eigenvalue weighted by atomic mass is 15.2. The van der Waals surface area contributed by atoms with Crippen molar-refractivity contribution in [2.24, 2.45) is 0 Å². The zero-order chi connectivity index (χ0) is 86.1. The van der Waals surface area contributed by atoms with Crippen LogP contribution in [0.5, 0.6) is 0 Å². The topological polar surface area (TPSA) is 24.5 Å². The summed E-state index contributed by atoms with van der Waals surface area (Å²) in [5.41, 5.74) is 35.9. The minimum atomic E-state index is -0.0855. The van der Waals surface area contributed by atoms with Gasteiger partial charge in [-0.2, -0.15) is 0 Å².